The third kappa shape index (κ3) is 5.35. The van der Waals surface area contributed by atoms with Gasteiger partial charge < -0.3 is 14.8 Å². The molecule has 0 aromatic rings. The Bertz CT molecular complexity index is 293. The van der Waals surface area contributed by atoms with Crippen molar-refractivity contribution < 1.29 is 32.2 Å². The average molecular weight is 271 g/mol. The lowest BCUT2D eigenvalue weighted by Gasteiger charge is -2.25. The molecule has 0 radical (unpaired) electrons. The third-order valence-corrected chi connectivity index (χ3v) is 2.35. The van der Waals surface area contributed by atoms with Gasteiger partial charge in [-0.1, -0.05) is 6.92 Å². The molecule has 5 nitrogen and oxygen atoms in total. The van der Waals surface area contributed by atoms with Gasteiger partial charge in [0.05, 0.1) is 26.6 Å². The van der Waals surface area contributed by atoms with Crippen LogP contribution in [0.3, 0.4) is 0 Å². The number of rotatable bonds is 6. The Labute approximate surface area is 103 Å². The van der Waals surface area contributed by atoms with Crippen molar-refractivity contribution in [3.05, 3.63) is 0 Å². The summed E-state index contributed by atoms with van der Waals surface area (Å²) in [5.41, 5.74) is 0. The highest BCUT2D eigenvalue weighted by molar-refractivity contribution is 5.73. The standard InChI is InChI=1S/C10H16F3NO4/c1-6(9(16)18-3)8(10(11,12)13)14-5-4-7(15)17-2/h6,8,14H,4-5H2,1-3H3. The number of hydrogen-bond acceptors (Lipinski definition) is 5. The molecule has 0 bridgehead atoms. The summed E-state index contributed by atoms with van der Waals surface area (Å²) in [6.07, 6.45) is -4.82. The summed E-state index contributed by atoms with van der Waals surface area (Å²) >= 11 is 0. The molecular formula is C10H16F3NO4. The predicted molar refractivity (Wildman–Crippen MR) is 55.7 cm³/mol. The van der Waals surface area contributed by atoms with Crippen LogP contribution in [0.4, 0.5) is 13.2 Å². The molecule has 8 heteroatoms. The van der Waals surface area contributed by atoms with Crippen LogP contribution in [0.2, 0.25) is 0 Å². The number of alkyl halides is 3. The SMILES string of the molecule is COC(=O)CCNC(C(C)C(=O)OC)C(F)(F)F. The Hall–Kier alpha value is -1.31. The van der Waals surface area contributed by atoms with Gasteiger partial charge in [-0.05, 0) is 0 Å². The molecule has 0 aliphatic carbocycles. The van der Waals surface area contributed by atoms with Crippen LogP contribution >= 0.6 is 0 Å². The first-order valence-electron chi connectivity index (χ1n) is 5.18. The van der Waals surface area contributed by atoms with Gasteiger partial charge in [-0.15, -0.1) is 0 Å². The zero-order valence-corrected chi connectivity index (χ0v) is 10.3. The van der Waals surface area contributed by atoms with Crippen molar-refractivity contribution in [1.82, 2.24) is 5.32 Å². The highest BCUT2D eigenvalue weighted by Crippen LogP contribution is 2.26. The molecule has 2 atom stereocenters. The van der Waals surface area contributed by atoms with Crippen molar-refractivity contribution in [2.75, 3.05) is 20.8 Å². The van der Waals surface area contributed by atoms with E-state index in [1.807, 2.05) is 0 Å². The van der Waals surface area contributed by atoms with E-state index in [2.05, 4.69) is 14.8 Å². The fraction of sp³-hybridized carbons (Fsp3) is 0.800. The lowest BCUT2D eigenvalue weighted by Crippen LogP contribution is -2.50. The second-order valence-corrected chi connectivity index (χ2v) is 3.61. The van der Waals surface area contributed by atoms with Crippen molar-refractivity contribution in [3.63, 3.8) is 0 Å². The number of methoxy groups -OCH3 is 2. The van der Waals surface area contributed by atoms with E-state index in [9.17, 15) is 22.8 Å². The molecule has 0 aliphatic rings. The number of hydrogen-bond donors (Lipinski definition) is 1. The molecule has 0 saturated carbocycles. The van der Waals surface area contributed by atoms with E-state index in [1.54, 1.807) is 0 Å². The van der Waals surface area contributed by atoms with Crippen molar-refractivity contribution >= 4 is 11.9 Å². The molecule has 0 saturated heterocycles. The molecule has 106 valence electrons. The van der Waals surface area contributed by atoms with Gasteiger partial charge in [0.1, 0.15) is 6.04 Å². The lowest BCUT2D eigenvalue weighted by atomic mass is 10.0. The van der Waals surface area contributed by atoms with E-state index in [4.69, 9.17) is 0 Å². The van der Waals surface area contributed by atoms with Gasteiger partial charge >= 0.3 is 18.1 Å². The van der Waals surface area contributed by atoms with Crippen molar-refractivity contribution in [2.45, 2.75) is 25.6 Å². The topological polar surface area (TPSA) is 64.6 Å². The minimum atomic E-state index is -4.61. The fourth-order valence-electron chi connectivity index (χ4n) is 1.33. The molecule has 0 fully saturated rings. The summed E-state index contributed by atoms with van der Waals surface area (Å²) in [6.45, 7) is 0.868. The second kappa shape index (κ2) is 7.20. The largest absolute Gasteiger partial charge is 0.469 e. The number of nitrogens with one attached hydrogen (secondary N) is 1. The Kier molecular flexibility index (Phi) is 6.67. The third-order valence-electron chi connectivity index (χ3n) is 2.35. The second-order valence-electron chi connectivity index (χ2n) is 3.61. The minimum absolute atomic E-state index is 0.211. The van der Waals surface area contributed by atoms with Crippen molar-refractivity contribution in [1.29, 1.82) is 0 Å². The van der Waals surface area contributed by atoms with Crippen LogP contribution < -0.4 is 5.32 Å². The van der Waals surface area contributed by atoms with Crippen LogP contribution in [-0.4, -0.2) is 44.9 Å². The molecule has 0 aromatic heterocycles. The maximum absolute atomic E-state index is 12.7. The normalized spacial score (nSPS) is 14.8. The molecular weight excluding hydrogens is 255 g/mol. The summed E-state index contributed by atoms with van der Waals surface area (Å²) < 4.78 is 46.6. The summed E-state index contributed by atoms with van der Waals surface area (Å²) in [5, 5.41) is 2.11. The van der Waals surface area contributed by atoms with Crippen LogP contribution in [0.25, 0.3) is 0 Å². The van der Waals surface area contributed by atoms with Gasteiger partial charge in [0.2, 0.25) is 0 Å². The number of ether oxygens (including phenoxy) is 2. The quantitative estimate of drug-likeness (QED) is 0.726. The number of carbonyl (C=O) groups is 2. The fourth-order valence-corrected chi connectivity index (χ4v) is 1.33. The zero-order valence-electron chi connectivity index (χ0n) is 10.3. The molecule has 2 unspecified atom stereocenters. The average Bonchev–Trinajstić information content (AvgIpc) is 2.30. The van der Waals surface area contributed by atoms with E-state index in [-0.39, 0.29) is 13.0 Å². The number of esters is 2. The first-order valence-corrected chi connectivity index (χ1v) is 5.18. The van der Waals surface area contributed by atoms with Crippen molar-refractivity contribution in [3.8, 4) is 0 Å². The Morgan fingerprint density at radius 1 is 1.22 bits per heavy atom. The zero-order chi connectivity index (χ0) is 14.3. The van der Waals surface area contributed by atoms with E-state index >= 15 is 0 Å². The summed E-state index contributed by atoms with van der Waals surface area (Å²) in [4.78, 5) is 21.9. The molecule has 1 N–H and O–H groups in total. The van der Waals surface area contributed by atoms with Gasteiger partial charge in [-0.3, -0.25) is 9.59 Å². The number of carbonyl (C=O) groups excluding carboxylic acids is 2. The highest BCUT2D eigenvalue weighted by Gasteiger charge is 2.45. The van der Waals surface area contributed by atoms with Crippen molar-refractivity contribution in [2.24, 2.45) is 5.92 Å². The summed E-state index contributed by atoms with van der Waals surface area (Å²) in [6, 6.07) is -2.06. The maximum Gasteiger partial charge on any atom is 0.404 e. The van der Waals surface area contributed by atoms with Crippen LogP contribution in [0.5, 0.6) is 0 Å². The Morgan fingerprint density at radius 3 is 2.17 bits per heavy atom. The highest BCUT2D eigenvalue weighted by atomic mass is 19.4. The Morgan fingerprint density at radius 2 is 1.78 bits per heavy atom. The number of halogens is 3. The predicted octanol–water partition coefficient (Wildman–Crippen LogP) is 0.879. The van der Waals surface area contributed by atoms with Crippen LogP contribution in [-0.2, 0) is 19.1 Å². The van der Waals surface area contributed by atoms with E-state index in [0.29, 0.717) is 0 Å². The molecule has 0 aliphatic heterocycles. The summed E-state index contributed by atoms with van der Waals surface area (Å²) in [7, 11) is 2.15. The molecule has 0 rings (SSSR count). The first kappa shape index (κ1) is 16.7. The maximum atomic E-state index is 12.7. The molecule has 0 aromatic carbocycles. The van der Waals surface area contributed by atoms with Gasteiger partial charge in [0, 0.05) is 6.54 Å². The van der Waals surface area contributed by atoms with E-state index in [0.717, 1.165) is 21.1 Å². The van der Waals surface area contributed by atoms with E-state index < -0.39 is 30.1 Å². The summed E-state index contributed by atoms with van der Waals surface area (Å²) in [5.74, 6) is -3.00. The van der Waals surface area contributed by atoms with Crippen LogP contribution in [0.15, 0.2) is 0 Å². The van der Waals surface area contributed by atoms with Crippen LogP contribution in [0, 0.1) is 5.92 Å². The molecule has 0 heterocycles. The minimum Gasteiger partial charge on any atom is -0.469 e. The monoisotopic (exact) mass is 271 g/mol. The Balaban J connectivity index is 4.52. The van der Waals surface area contributed by atoms with Gasteiger partial charge in [-0.25, -0.2) is 0 Å². The van der Waals surface area contributed by atoms with Gasteiger partial charge in [0.25, 0.3) is 0 Å². The molecule has 0 amide bonds. The lowest BCUT2D eigenvalue weighted by molar-refractivity contribution is -0.179. The smallest absolute Gasteiger partial charge is 0.404 e. The van der Waals surface area contributed by atoms with Gasteiger partial charge in [0.15, 0.2) is 0 Å². The molecule has 0 spiro atoms. The first-order chi connectivity index (χ1) is 8.23. The van der Waals surface area contributed by atoms with E-state index in [1.165, 1.54) is 0 Å². The van der Waals surface area contributed by atoms with Gasteiger partial charge in [-0.2, -0.15) is 13.2 Å². The van der Waals surface area contributed by atoms with Crippen LogP contribution in [0.1, 0.15) is 13.3 Å². The molecule has 18 heavy (non-hydrogen) atoms.